The standard InChI is InChI=1S/C9H22N2S/c1-9(2,3)11-6-8-12-7-5-10-4/h10-11H,5-8H2,1-4H3. The molecule has 0 aliphatic carbocycles. The highest BCUT2D eigenvalue weighted by Gasteiger charge is 2.06. The van der Waals surface area contributed by atoms with Gasteiger partial charge >= 0.3 is 0 Å². The second-order valence-electron chi connectivity index (χ2n) is 3.89. The molecule has 0 bridgehead atoms. The van der Waals surface area contributed by atoms with E-state index in [2.05, 4.69) is 31.4 Å². The maximum Gasteiger partial charge on any atom is 0.00968 e. The molecule has 0 spiro atoms. The van der Waals surface area contributed by atoms with Gasteiger partial charge < -0.3 is 10.6 Å². The molecule has 0 saturated carbocycles. The second-order valence-corrected chi connectivity index (χ2v) is 5.12. The summed E-state index contributed by atoms with van der Waals surface area (Å²) in [4.78, 5) is 0. The summed E-state index contributed by atoms with van der Waals surface area (Å²) in [5.41, 5.74) is 0.267. The van der Waals surface area contributed by atoms with Gasteiger partial charge in [-0.25, -0.2) is 0 Å². The maximum atomic E-state index is 3.46. The zero-order valence-corrected chi connectivity index (χ0v) is 9.55. The first-order valence-electron chi connectivity index (χ1n) is 4.53. The van der Waals surface area contributed by atoms with E-state index in [0.29, 0.717) is 0 Å². The Bertz CT molecular complexity index is 99.2. The molecule has 0 aromatic heterocycles. The first-order chi connectivity index (χ1) is 5.56. The number of hydrogen-bond donors (Lipinski definition) is 2. The van der Waals surface area contributed by atoms with E-state index in [9.17, 15) is 0 Å². The molecule has 0 amide bonds. The molecule has 0 radical (unpaired) electrons. The summed E-state index contributed by atoms with van der Waals surface area (Å²) in [6, 6.07) is 0. The van der Waals surface area contributed by atoms with Crippen LogP contribution in [0, 0.1) is 0 Å². The Morgan fingerprint density at radius 2 is 1.67 bits per heavy atom. The summed E-state index contributed by atoms with van der Waals surface area (Å²) >= 11 is 1.99. The lowest BCUT2D eigenvalue weighted by atomic mass is 10.1. The molecular formula is C9H22N2S. The predicted molar refractivity (Wildman–Crippen MR) is 59.0 cm³/mol. The average molecular weight is 190 g/mol. The molecule has 0 fully saturated rings. The largest absolute Gasteiger partial charge is 0.319 e. The third-order valence-electron chi connectivity index (χ3n) is 1.40. The van der Waals surface area contributed by atoms with E-state index in [4.69, 9.17) is 0 Å². The van der Waals surface area contributed by atoms with Crippen molar-refractivity contribution in [3.05, 3.63) is 0 Å². The number of hydrogen-bond acceptors (Lipinski definition) is 3. The summed E-state index contributed by atoms with van der Waals surface area (Å²) in [7, 11) is 1.99. The van der Waals surface area contributed by atoms with Crippen LogP contribution in [0.1, 0.15) is 20.8 Å². The summed E-state index contributed by atoms with van der Waals surface area (Å²) in [5.74, 6) is 2.42. The highest BCUT2D eigenvalue weighted by atomic mass is 32.2. The van der Waals surface area contributed by atoms with Gasteiger partial charge in [0.15, 0.2) is 0 Å². The molecule has 2 N–H and O–H groups in total. The van der Waals surface area contributed by atoms with Crippen LogP contribution in [0.15, 0.2) is 0 Å². The first-order valence-corrected chi connectivity index (χ1v) is 5.69. The van der Waals surface area contributed by atoms with Crippen LogP contribution >= 0.6 is 11.8 Å². The van der Waals surface area contributed by atoms with E-state index in [0.717, 1.165) is 13.1 Å². The van der Waals surface area contributed by atoms with Crippen molar-refractivity contribution in [2.75, 3.05) is 31.6 Å². The fourth-order valence-electron chi connectivity index (χ4n) is 0.774. The fraction of sp³-hybridized carbons (Fsp3) is 1.00. The molecule has 0 atom stereocenters. The smallest absolute Gasteiger partial charge is 0.00968 e. The van der Waals surface area contributed by atoms with E-state index >= 15 is 0 Å². The summed E-state index contributed by atoms with van der Waals surface area (Å²) in [6.07, 6.45) is 0. The highest BCUT2D eigenvalue weighted by Crippen LogP contribution is 2.00. The molecule has 2 nitrogen and oxygen atoms in total. The van der Waals surface area contributed by atoms with Gasteiger partial charge in [-0.15, -0.1) is 0 Å². The van der Waals surface area contributed by atoms with Crippen LogP contribution in [0.25, 0.3) is 0 Å². The van der Waals surface area contributed by atoms with Crippen LogP contribution in [-0.4, -0.2) is 37.2 Å². The molecule has 0 aromatic rings. The van der Waals surface area contributed by atoms with Crippen LogP contribution in [0.2, 0.25) is 0 Å². The molecule has 0 rings (SSSR count). The van der Waals surface area contributed by atoms with Crippen LogP contribution in [0.4, 0.5) is 0 Å². The van der Waals surface area contributed by atoms with E-state index < -0.39 is 0 Å². The first kappa shape index (κ1) is 12.3. The van der Waals surface area contributed by atoms with Gasteiger partial charge in [0, 0.05) is 30.1 Å². The average Bonchev–Trinajstić information content (AvgIpc) is 1.94. The minimum Gasteiger partial charge on any atom is -0.319 e. The van der Waals surface area contributed by atoms with E-state index in [-0.39, 0.29) is 5.54 Å². The maximum absolute atomic E-state index is 3.46. The highest BCUT2D eigenvalue weighted by molar-refractivity contribution is 7.99. The van der Waals surface area contributed by atoms with Crippen LogP contribution in [-0.2, 0) is 0 Å². The zero-order chi connectivity index (χ0) is 9.45. The number of rotatable bonds is 6. The van der Waals surface area contributed by atoms with Gasteiger partial charge in [0.1, 0.15) is 0 Å². The van der Waals surface area contributed by atoms with E-state index in [1.807, 2.05) is 18.8 Å². The lowest BCUT2D eigenvalue weighted by molar-refractivity contribution is 0.441. The molecule has 0 aromatic carbocycles. The Balaban J connectivity index is 3.01. The minimum absolute atomic E-state index is 0.267. The van der Waals surface area contributed by atoms with Gasteiger partial charge in [-0.3, -0.25) is 0 Å². The van der Waals surface area contributed by atoms with Crippen LogP contribution in [0.3, 0.4) is 0 Å². The van der Waals surface area contributed by atoms with Crippen molar-refractivity contribution in [1.29, 1.82) is 0 Å². The van der Waals surface area contributed by atoms with Gasteiger partial charge in [-0.2, -0.15) is 11.8 Å². The molecule has 0 saturated heterocycles. The van der Waals surface area contributed by atoms with Crippen molar-refractivity contribution in [2.24, 2.45) is 0 Å². The second kappa shape index (κ2) is 6.75. The van der Waals surface area contributed by atoms with Crippen molar-refractivity contribution in [3.63, 3.8) is 0 Å². The molecule has 0 aliphatic rings. The Morgan fingerprint density at radius 1 is 1.08 bits per heavy atom. The third kappa shape index (κ3) is 10.3. The molecule has 12 heavy (non-hydrogen) atoms. The summed E-state index contributed by atoms with van der Waals surface area (Å²) in [5, 5.41) is 6.59. The quantitative estimate of drug-likeness (QED) is 0.618. The van der Waals surface area contributed by atoms with Crippen molar-refractivity contribution in [3.8, 4) is 0 Å². The molecule has 0 unspecified atom stereocenters. The van der Waals surface area contributed by atoms with Gasteiger partial charge in [-0.05, 0) is 27.8 Å². The molecule has 74 valence electrons. The molecular weight excluding hydrogens is 168 g/mol. The van der Waals surface area contributed by atoms with Gasteiger partial charge in [0.25, 0.3) is 0 Å². The van der Waals surface area contributed by atoms with Crippen LogP contribution in [0.5, 0.6) is 0 Å². The van der Waals surface area contributed by atoms with E-state index in [1.54, 1.807) is 0 Å². The van der Waals surface area contributed by atoms with Gasteiger partial charge in [-0.1, -0.05) is 0 Å². The third-order valence-corrected chi connectivity index (χ3v) is 2.38. The van der Waals surface area contributed by atoms with Gasteiger partial charge in [0.2, 0.25) is 0 Å². The minimum atomic E-state index is 0.267. The topological polar surface area (TPSA) is 24.1 Å². The fourth-order valence-corrected chi connectivity index (χ4v) is 1.57. The van der Waals surface area contributed by atoms with Gasteiger partial charge in [0.05, 0.1) is 0 Å². The predicted octanol–water partition coefficient (Wildman–Crippen LogP) is 1.33. The van der Waals surface area contributed by atoms with Crippen LogP contribution < -0.4 is 10.6 Å². The summed E-state index contributed by atoms with van der Waals surface area (Å²) < 4.78 is 0. The lowest BCUT2D eigenvalue weighted by Crippen LogP contribution is -2.37. The van der Waals surface area contributed by atoms with Crippen molar-refractivity contribution < 1.29 is 0 Å². The van der Waals surface area contributed by atoms with Crippen molar-refractivity contribution >= 4 is 11.8 Å². The SMILES string of the molecule is CNCCSCCNC(C)(C)C. The number of nitrogens with one attached hydrogen (secondary N) is 2. The van der Waals surface area contributed by atoms with Crippen molar-refractivity contribution in [1.82, 2.24) is 10.6 Å². The Morgan fingerprint density at radius 3 is 2.17 bits per heavy atom. The molecule has 3 heteroatoms. The van der Waals surface area contributed by atoms with Crippen molar-refractivity contribution in [2.45, 2.75) is 26.3 Å². The Labute approximate surface area is 80.9 Å². The number of thioether (sulfide) groups is 1. The molecule has 0 aliphatic heterocycles. The Kier molecular flexibility index (Phi) is 6.90. The monoisotopic (exact) mass is 190 g/mol. The zero-order valence-electron chi connectivity index (χ0n) is 8.74. The normalized spacial score (nSPS) is 12.0. The Hall–Kier alpha value is 0.270. The summed E-state index contributed by atoms with van der Waals surface area (Å²) in [6.45, 7) is 8.82. The molecule has 0 heterocycles. The van der Waals surface area contributed by atoms with E-state index in [1.165, 1.54) is 11.5 Å². The lowest BCUT2D eigenvalue weighted by Gasteiger charge is -2.20.